The van der Waals surface area contributed by atoms with E-state index >= 15 is 0 Å². The van der Waals surface area contributed by atoms with E-state index in [0.29, 0.717) is 5.69 Å². The molecule has 0 saturated heterocycles. The van der Waals surface area contributed by atoms with Gasteiger partial charge in [-0.15, -0.1) is 0 Å². The van der Waals surface area contributed by atoms with Crippen molar-refractivity contribution < 1.29 is 27.1 Å². The molecule has 2 heterocycles. The molecule has 0 spiro atoms. The smallest absolute Gasteiger partial charge is 0.321 e. The van der Waals surface area contributed by atoms with Crippen LogP contribution in [0.4, 0.5) is 11.5 Å². The Balaban J connectivity index is 1.68. The minimum atomic E-state index is -3.91. The largest absolute Gasteiger partial charge is 0.481 e. The highest BCUT2D eigenvalue weighted by Crippen LogP contribution is 2.21. The lowest BCUT2D eigenvalue weighted by Crippen LogP contribution is -2.14. The predicted octanol–water partition coefficient (Wildman–Crippen LogP) is 2.70. The zero-order valence-corrected chi connectivity index (χ0v) is 16.8. The number of anilines is 2. The quantitative estimate of drug-likeness (QED) is 0.388. The second-order valence-electron chi connectivity index (χ2n) is 5.73. The number of carbonyl (C=O) groups excluding carboxylic acids is 1. The molecule has 156 valence electrons. The summed E-state index contributed by atoms with van der Waals surface area (Å²) in [4.78, 5) is 19.7. The van der Waals surface area contributed by atoms with Crippen molar-refractivity contribution in [1.29, 1.82) is 0 Å². The van der Waals surface area contributed by atoms with Crippen LogP contribution < -0.4 is 19.5 Å². The highest BCUT2D eigenvalue weighted by Gasteiger charge is 2.16. The van der Waals surface area contributed by atoms with Gasteiger partial charge in [0.05, 0.1) is 25.4 Å². The summed E-state index contributed by atoms with van der Waals surface area (Å²) in [5.74, 6) is 0.0698. The van der Waals surface area contributed by atoms with Crippen molar-refractivity contribution in [1.82, 2.24) is 9.97 Å². The number of aromatic nitrogens is 2. The highest BCUT2D eigenvalue weighted by molar-refractivity contribution is 7.92. The number of sulfonamides is 1. The topological polar surface area (TPSA) is 133 Å². The molecule has 0 aliphatic heterocycles. The van der Waals surface area contributed by atoms with Crippen LogP contribution in [0, 0.1) is 0 Å². The maximum Gasteiger partial charge on any atom is 0.321 e. The molecule has 0 aliphatic carbocycles. The molecule has 0 saturated carbocycles. The molecule has 3 rings (SSSR count). The van der Waals surface area contributed by atoms with Crippen LogP contribution in [-0.2, 0) is 10.0 Å². The fourth-order valence-electron chi connectivity index (χ4n) is 2.29. The summed E-state index contributed by atoms with van der Waals surface area (Å²) < 4.78 is 42.5. The number of hydrogen-bond donors (Lipinski definition) is 2. The Hall–Kier alpha value is -3.86. The Morgan fingerprint density at radius 2 is 1.87 bits per heavy atom. The van der Waals surface area contributed by atoms with Crippen LogP contribution in [0.25, 0.3) is 0 Å². The molecular weight excluding hydrogens is 412 g/mol. The Morgan fingerprint density at radius 1 is 1.10 bits per heavy atom. The number of ketones is 1. The third-order valence-corrected chi connectivity index (χ3v) is 5.10. The molecule has 10 nitrogen and oxygen atoms in total. The predicted molar refractivity (Wildman–Crippen MR) is 108 cm³/mol. The summed E-state index contributed by atoms with van der Waals surface area (Å²) in [5.41, 5.74) is 0.586. The summed E-state index contributed by atoms with van der Waals surface area (Å²) in [6, 6.07) is 10.4. The monoisotopic (exact) mass is 430 g/mol. The van der Waals surface area contributed by atoms with E-state index in [1.807, 2.05) is 0 Å². The van der Waals surface area contributed by atoms with Gasteiger partial charge in [0.25, 0.3) is 10.0 Å². The number of nitrogens with one attached hydrogen (secondary N) is 2. The van der Waals surface area contributed by atoms with Gasteiger partial charge in [0, 0.05) is 24.0 Å². The van der Waals surface area contributed by atoms with Crippen LogP contribution in [0.15, 0.2) is 70.3 Å². The molecule has 2 N–H and O–H groups in total. The Morgan fingerprint density at radius 3 is 2.50 bits per heavy atom. The van der Waals surface area contributed by atoms with Crippen LogP contribution in [0.5, 0.6) is 11.9 Å². The number of nitrogens with zero attached hydrogens (tertiary/aromatic N) is 2. The number of benzene rings is 1. The van der Waals surface area contributed by atoms with Gasteiger partial charge in [-0.05, 0) is 36.4 Å². The standard InChI is InChI=1S/C19H18N4O6S/c1-27-18-12-17(21-19(22-18)28-2)23-30(25,26)14-7-5-13(6-8-14)20-10-9-15(24)16-4-3-11-29-16/h3-12,20H,1-2H3,(H,21,22,23). The molecule has 2 aromatic heterocycles. The second kappa shape index (κ2) is 9.09. The van der Waals surface area contributed by atoms with Gasteiger partial charge in [0.2, 0.25) is 11.7 Å². The van der Waals surface area contributed by atoms with E-state index in [2.05, 4.69) is 20.0 Å². The van der Waals surface area contributed by atoms with Crippen molar-refractivity contribution in [3.05, 3.63) is 66.8 Å². The number of allylic oxidation sites excluding steroid dienone is 1. The molecule has 3 aromatic rings. The number of ether oxygens (including phenoxy) is 2. The van der Waals surface area contributed by atoms with Crippen LogP contribution in [0.3, 0.4) is 0 Å². The molecule has 0 radical (unpaired) electrons. The van der Waals surface area contributed by atoms with Gasteiger partial charge in [0.15, 0.2) is 11.6 Å². The van der Waals surface area contributed by atoms with E-state index in [1.165, 1.54) is 51.0 Å². The van der Waals surface area contributed by atoms with E-state index in [4.69, 9.17) is 13.9 Å². The first-order valence-corrected chi connectivity index (χ1v) is 10.0. The number of furan rings is 1. The Labute approximate surface area is 172 Å². The van der Waals surface area contributed by atoms with E-state index < -0.39 is 10.0 Å². The average molecular weight is 430 g/mol. The van der Waals surface area contributed by atoms with Crippen molar-refractivity contribution in [3.8, 4) is 11.9 Å². The van der Waals surface area contributed by atoms with Crippen molar-refractivity contribution in [3.63, 3.8) is 0 Å². The molecule has 11 heteroatoms. The average Bonchev–Trinajstić information content (AvgIpc) is 3.28. The minimum absolute atomic E-state index is 0.000253. The minimum Gasteiger partial charge on any atom is -0.481 e. The molecular formula is C19H18N4O6S. The van der Waals surface area contributed by atoms with Crippen LogP contribution >= 0.6 is 0 Å². The van der Waals surface area contributed by atoms with E-state index in [-0.39, 0.29) is 34.1 Å². The lowest BCUT2D eigenvalue weighted by Gasteiger charge is -2.10. The van der Waals surface area contributed by atoms with Crippen molar-refractivity contribution in [2.45, 2.75) is 4.90 Å². The lowest BCUT2D eigenvalue weighted by atomic mass is 10.3. The molecule has 30 heavy (non-hydrogen) atoms. The van der Waals surface area contributed by atoms with Crippen molar-refractivity contribution >= 4 is 27.3 Å². The number of rotatable bonds is 9. The molecule has 0 amide bonds. The first-order chi connectivity index (χ1) is 14.4. The normalized spacial score (nSPS) is 11.3. The first-order valence-electron chi connectivity index (χ1n) is 8.52. The number of methoxy groups -OCH3 is 2. The highest BCUT2D eigenvalue weighted by atomic mass is 32.2. The van der Waals surface area contributed by atoms with Gasteiger partial charge in [-0.25, -0.2) is 8.42 Å². The first kappa shape index (κ1) is 20.9. The Bertz CT molecular complexity index is 1120. The van der Waals surface area contributed by atoms with E-state index in [9.17, 15) is 13.2 Å². The molecule has 0 atom stereocenters. The zero-order chi connectivity index (χ0) is 21.6. The van der Waals surface area contributed by atoms with Gasteiger partial charge in [-0.3, -0.25) is 9.52 Å². The van der Waals surface area contributed by atoms with Gasteiger partial charge in [0.1, 0.15) is 0 Å². The second-order valence-corrected chi connectivity index (χ2v) is 7.41. The fraction of sp³-hybridized carbons (Fsp3) is 0.105. The molecule has 0 bridgehead atoms. The molecule has 0 aliphatic rings. The number of hydrogen-bond acceptors (Lipinski definition) is 9. The molecule has 0 fully saturated rings. The summed E-state index contributed by atoms with van der Waals surface area (Å²) in [6.45, 7) is 0. The van der Waals surface area contributed by atoms with Gasteiger partial charge in [-0.2, -0.15) is 9.97 Å². The van der Waals surface area contributed by atoms with Crippen LogP contribution in [-0.4, -0.2) is 38.4 Å². The third-order valence-electron chi connectivity index (χ3n) is 3.73. The Kier molecular flexibility index (Phi) is 6.32. The molecule has 0 unspecified atom stereocenters. The SMILES string of the molecule is COc1cc(NS(=O)(=O)c2ccc(NC=CC(=O)c3ccco3)cc2)nc(OC)n1. The third kappa shape index (κ3) is 5.14. The fourth-order valence-corrected chi connectivity index (χ4v) is 3.29. The van der Waals surface area contributed by atoms with E-state index in [1.54, 1.807) is 24.3 Å². The van der Waals surface area contributed by atoms with Crippen molar-refractivity contribution in [2.24, 2.45) is 0 Å². The van der Waals surface area contributed by atoms with Gasteiger partial charge < -0.3 is 19.2 Å². The lowest BCUT2D eigenvalue weighted by molar-refractivity contribution is 0.102. The van der Waals surface area contributed by atoms with Crippen LogP contribution in [0.1, 0.15) is 10.6 Å². The maximum atomic E-state index is 12.6. The van der Waals surface area contributed by atoms with E-state index in [0.717, 1.165) is 0 Å². The maximum absolute atomic E-state index is 12.6. The zero-order valence-electron chi connectivity index (χ0n) is 16.0. The molecule has 1 aromatic carbocycles. The summed E-state index contributed by atoms with van der Waals surface area (Å²) >= 11 is 0. The summed E-state index contributed by atoms with van der Waals surface area (Å²) in [7, 11) is -1.16. The van der Waals surface area contributed by atoms with Gasteiger partial charge >= 0.3 is 6.01 Å². The van der Waals surface area contributed by atoms with Crippen molar-refractivity contribution in [2.75, 3.05) is 24.3 Å². The summed E-state index contributed by atoms with van der Waals surface area (Å²) in [5, 5.41) is 2.88. The number of carbonyl (C=O) groups is 1. The van der Waals surface area contributed by atoms with Gasteiger partial charge in [-0.1, -0.05) is 0 Å². The summed E-state index contributed by atoms with van der Waals surface area (Å²) in [6.07, 6.45) is 4.16. The van der Waals surface area contributed by atoms with Crippen LogP contribution in [0.2, 0.25) is 0 Å².